The van der Waals surface area contributed by atoms with Crippen molar-refractivity contribution in [3.05, 3.63) is 23.8 Å². The highest BCUT2D eigenvalue weighted by atomic mass is 19.4. The van der Waals surface area contributed by atoms with Crippen molar-refractivity contribution in [1.29, 1.82) is 0 Å². The Bertz CT molecular complexity index is 420. The van der Waals surface area contributed by atoms with E-state index in [2.05, 4.69) is 5.32 Å². The molecule has 0 saturated carbocycles. The molecule has 0 atom stereocenters. The van der Waals surface area contributed by atoms with E-state index in [0.717, 1.165) is 5.56 Å². The molecule has 0 fully saturated rings. The molecule has 18 heavy (non-hydrogen) atoms. The van der Waals surface area contributed by atoms with Crippen molar-refractivity contribution in [3.63, 3.8) is 0 Å². The molecular formula is C12H15F3N2O. The third-order valence-corrected chi connectivity index (χ3v) is 2.88. The SMILES string of the molecule is COc1ccc2c(c1)N(CC(F)(F)F)CCNC2. The molecule has 1 aliphatic rings. The van der Waals surface area contributed by atoms with Gasteiger partial charge in [0.05, 0.1) is 7.11 Å². The largest absolute Gasteiger partial charge is 0.497 e. The molecule has 1 aliphatic heterocycles. The number of anilines is 1. The van der Waals surface area contributed by atoms with E-state index in [1.54, 1.807) is 18.2 Å². The molecule has 0 unspecified atom stereocenters. The van der Waals surface area contributed by atoms with Gasteiger partial charge in [0, 0.05) is 31.4 Å². The molecule has 1 heterocycles. The van der Waals surface area contributed by atoms with E-state index in [9.17, 15) is 13.2 Å². The van der Waals surface area contributed by atoms with Crippen molar-refractivity contribution in [2.75, 3.05) is 31.6 Å². The van der Waals surface area contributed by atoms with Gasteiger partial charge in [-0.3, -0.25) is 0 Å². The Balaban J connectivity index is 2.32. The van der Waals surface area contributed by atoms with Crippen LogP contribution in [0.5, 0.6) is 5.75 Å². The average Bonchev–Trinajstić information content (AvgIpc) is 2.49. The maximum Gasteiger partial charge on any atom is 0.405 e. The normalized spacial score (nSPS) is 16.1. The zero-order valence-corrected chi connectivity index (χ0v) is 10.0. The smallest absolute Gasteiger partial charge is 0.405 e. The van der Waals surface area contributed by atoms with Crippen molar-refractivity contribution in [2.24, 2.45) is 0 Å². The summed E-state index contributed by atoms with van der Waals surface area (Å²) in [5.41, 5.74) is 1.45. The zero-order valence-electron chi connectivity index (χ0n) is 10.0. The van der Waals surface area contributed by atoms with Crippen molar-refractivity contribution < 1.29 is 17.9 Å². The number of benzene rings is 1. The fourth-order valence-corrected chi connectivity index (χ4v) is 2.05. The summed E-state index contributed by atoms with van der Waals surface area (Å²) in [6.07, 6.45) is -4.20. The minimum atomic E-state index is -4.20. The Morgan fingerprint density at radius 2 is 2.17 bits per heavy atom. The second-order valence-corrected chi connectivity index (χ2v) is 4.21. The van der Waals surface area contributed by atoms with Gasteiger partial charge in [-0.1, -0.05) is 6.07 Å². The first kappa shape index (κ1) is 13.0. The molecule has 3 nitrogen and oxygen atoms in total. The molecular weight excluding hydrogens is 245 g/mol. The number of fused-ring (bicyclic) bond motifs is 1. The molecule has 0 spiro atoms. The van der Waals surface area contributed by atoms with Crippen LogP contribution in [0.4, 0.5) is 18.9 Å². The fourth-order valence-electron chi connectivity index (χ4n) is 2.05. The standard InChI is InChI=1S/C12H15F3N2O/c1-18-10-3-2-9-7-16-4-5-17(11(9)6-10)8-12(13,14)15/h2-3,6,16H,4-5,7-8H2,1H3. The van der Waals surface area contributed by atoms with E-state index >= 15 is 0 Å². The predicted octanol–water partition coefficient (Wildman–Crippen LogP) is 2.17. The van der Waals surface area contributed by atoms with E-state index in [1.807, 2.05) is 0 Å². The number of halogens is 3. The van der Waals surface area contributed by atoms with E-state index < -0.39 is 12.7 Å². The number of hydrogen-bond acceptors (Lipinski definition) is 3. The Morgan fingerprint density at radius 3 is 2.83 bits per heavy atom. The molecule has 100 valence electrons. The highest BCUT2D eigenvalue weighted by molar-refractivity contribution is 5.58. The van der Waals surface area contributed by atoms with Gasteiger partial charge in [-0.25, -0.2) is 0 Å². The molecule has 0 bridgehead atoms. The lowest BCUT2D eigenvalue weighted by Crippen LogP contribution is -2.37. The molecule has 0 aromatic heterocycles. The van der Waals surface area contributed by atoms with Gasteiger partial charge in [-0.05, 0) is 11.6 Å². The third-order valence-electron chi connectivity index (χ3n) is 2.88. The lowest BCUT2D eigenvalue weighted by Gasteiger charge is -2.26. The Hall–Kier alpha value is -1.43. The van der Waals surface area contributed by atoms with Gasteiger partial charge in [0.1, 0.15) is 12.3 Å². The first-order valence-corrected chi connectivity index (χ1v) is 5.69. The monoisotopic (exact) mass is 260 g/mol. The quantitative estimate of drug-likeness (QED) is 0.882. The lowest BCUT2D eigenvalue weighted by atomic mass is 10.1. The summed E-state index contributed by atoms with van der Waals surface area (Å²) < 4.78 is 42.7. The summed E-state index contributed by atoms with van der Waals surface area (Å²) in [6.45, 7) is 0.509. The van der Waals surface area contributed by atoms with E-state index in [4.69, 9.17) is 4.74 Å². The average molecular weight is 260 g/mol. The number of nitrogens with zero attached hydrogens (tertiary/aromatic N) is 1. The molecule has 2 rings (SSSR count). The predicted molar refractivity (Wildman–Crippen MR) is 63.0 cm³/mol. The van der Waals surface area contributed by atoms with E-state index in [-0.39, 0.29) is 0 Å². The van der Waals surface area contributed by atoms with Crippen LogP contribution < -0.4 is 15.0 Å². The Morgan fingerprint density at radius 1 is 1.39 bits per heavy atom. The summed E-state index contributed by atoms with van der Waals surface area (Å²) in [7, 11) is 1.50. The van der Waals surface area contributed by atoms with Crippen molar-refractivity contribution in [1.82, 2.24) is 5.32 Å². The van der Waals surface area contributed by atoms with Crippen LogP contribution in [0.3, 0.4) is 0 Å². The number of rotatable bonds is 2. The van der Waals surface area contributed by atoms with Crippen LogP contribution >= 0.6 is 0 Å². The highest BCUT2D eigenvalue weighted by Crippen LogP contribution is 2.29. The summed E-state index contributed by atoms with van der Waals surface area (Å²) in [6, 6.07) is 5.22. The first-order chi connectivity index (χ1) is 8.49. The van der Waals surface area contributed by atoms with Crippen LogP contribution in [0, 0.1) is 0 Å². The van der Waals surface area contributed by atoms with Gasteiger partial charge in [0.15, 0.2) is 0 Å². The fraction of sp³-hybridized carbons (Fsp3) is 0.500. The van der Waals surface area contributed by atoms with Crippen molar-refractivity contribution in [3.8, 4) is 5.75 Å². The number of hydrogen-bond donors (Lipinski definition) is 1. The molecule has 0 amide bonds. The lowest BCUT2D eigenvalue weighted by molar-refractivity contribution is -0.119. The second-order valence-electron chi connectivity index (χ2n) is 4.21. The molecule has 1 N–H and O–H groups in total. The third kappa shape index (κ3) is 3.07. The van der Waals surface area contributed by atoms with Crippen molar-refractivity contribution >= 4 is 5.69 Å². The number of methoxy groups -OCH3 is 1. The summed E-state index contributed by atoms with van der Waals surface area (Å²) in [5, 5.41) is 3.11. The van der Waals surface area contributed by atoms with Gasteiger partial charge in [0.25, 0.3) is 0 Å². The van der Waals surface area contributed by atoms with Crippen LogP contribution in [0.2, 0.25) is 0 Å². The zero-order chi connectivity index (χ0) is 13.2. The van der Waals surface area contributed by atoms with Crippen LogP contribution in [0.15, 0.2) is 18.2 Å². The van der Waals surface area contributed by atoms with Crippen LogP contribution in [-0.2, 0) is 6.54 Å². The van der Waals surface area contributed by atoms with Gasteiger partial charge in [0.2, 0.25) is 0 Å². The first-order valence-electron chi connectivity index (χ1n) is 5.69. The van der Waals surface area contributed by atoms with E-state index in [1.165, 1.54) is 12.0 Å². The minimum Gasteiger partial charge on any atom is -0.497 e. The summed E-state index contributed by atoms with van der Waals surface area (Å²) in [4.78, 5) is 1.35. The number of nitrogens with one attached hydrogen (secondary N) is 1. The van der Waals surface area contributed by atoms with Crippen LogP contribution in [-0.4, -0.2) is 32.9 Å². The Kier molecular flexibility index (Phi) is 3.65. The number of alkyl halides is 3. The second kappa shape index (κ2) is 5.06. The van der Waals surface area contributed by atoms with Gasteiger partial charge >= 0.3 is 6.18 Å². The number of ether oxygens (including phenoxy) is 1. The topological polar surface area (TPSA) is 24.5 Å². The van der Waals surface area contributed by atoms with Gasteiger partial charge < -0.3 is 15.0 Å². The van der Waals surface area contributed by atoms with Crippen LogP contribution in [0.1, 0.15) is 5.56 Å². The maximum atomic E-state index is 12.6. The van der Waals surface area contributed by atoms with Gasteiger partial charge in [-0.2, -0.15) is 13.2 Å². The van der Waals surface area contributed by atoms with Crippen LogP contribution in [0.25, 0.3) is 0 Å². The molecule has 0 saturated heterocycles. The van der Waals surface area contributed by atoms with Crippen molar-refractivity contribution in [2.45, 2.75) is 12.7 Å². The molecule has 1 aromatic carbocycles. The minimum absolute atomic E-state index is 0.333. The molecule has 6 heteroatoms. The van der Waals surface area contributed by atoms with Gasteiger partial charge in [-0.15, -0.1) is 0 Å². The Labute approximate surface area is 104 Å². The summed E-state index contributed by atoms with van der Waals surface area (Å²) in [5.74, 6) is 0.572. The summed E-state index contributed by atoms with van der Waals surface area (Å²) >= 11 is 0. The van der Waals surface area contributed by atoms with E-state index in [0.29, 0.717) is 31.1 Å². The molecule has 0 aliphatic carbocycles. The molecule has 0 radical (unpaired) electrons. The highest BCUT2D eigenvalue weighted by Gasteiger charge is 2.32. The molecule has 1 aromatic rings. The maximum absolute atomic E-state index is 12.6.